The van der Waals surface area contributed by atoms with Gasteiger partial charge in [-0.05, 0) is 41.2 Å². The summed E-state index contributed by atoms with van der Waals surface area (Å²) in [6.07, 6.45) is 2.14. The van der Waals surface area contributed by atoms with Gasteiger partial charge in [0.05, 0.1) is 0 Å². The summed E-state index contributed by atoms with van der Waals surface area (Å²) in [4.78, 5) is 10.8. The van der Waals surface area contributed by atoms with Crippen molar-refractivity contribution in [2.45, 2.75) is 19.3 Å². The van der Waals surface area contributed by atoms with Crippen LogP contribution >= 0.6 is 0 Å². The van der Waals surface area contributed by atoms with Gasteiger partial charge in [0.2, 0.25) is 5.91 Å². The van der Waals surface area contributed by atoms with Crippen molar-refractivity contribution in [1.29, 1.82) is 0 Å². The summed E-state index contributed by atoms with van der Waals surface area (Å²) in [5, 5.41) is 0. The topological polar surface area (TPSA) is 43.1 Å². The van der Waals surface area contributed by atoms with E-state index in [1.807, 2.05) is 0 Å². The predicted molar refractivity (Wildman–Crippen MR) is 56.6 cm³/mol. The lowest BCUT2D eigenvalue weighted by Gasteiger charge is -2.02. The highest BCUT2D eigenvalue weighted by atomic mass is 19.1. The maximum atomic E-state index is 13.1. The molecule has 0 bridgehead atoms. The van der Waals surface area contributed by atoms with Crippen molar-refractivity contribution >= 4 is 11.5 Å². The Bertz CT molecular complexity index is 451. The fraction of sp³-hybridized carbons (Fsp3) is 0.250. The number of hydrogen-bond acceptors (Lipinski definition) is 1. The average molecular weight is 205 g/mol. The Balaban J connectivity index is 2.53. The summed E-state index contributed by atoms with van der Waals surface area (Å²) in [5.74, 6) is -0.432. The second-order valence-electron chi connectivity index (χ2n) is 3.91. The molecule has 15 heavy (non-hydrogen) atoms. The number of carbonyl (C=O) groups excluding carboxylic acids is 1. The van der Waals surface area contributed by atoms with Crippen LogP contribution in [0.3, 0.4) is 0 Å². The molecule has 1 amide bonds. The van der Waals surface area contributed by atoms with Gasteiger partial charge in [0.15, 0.2) is 0 Å². The van der Waals surface area contributed by atoms with Gasteiger partial charge in [-0.3, -0.25) is 4.79 Å². The summed E-state index contributed by atoms with van der Waals surface area (Å²) in [5.41, 5.74) is 7.85. The largest absolute Gasteiger partial charge is 0.366 e. The van der Waals surface area contributed by atoms with Gasteiger partial charge in [0, 0.05) is 6.08 Å². The molecule has 1 aromatic carbocycles. The van der Waals surface area contributed by atoms with E-state index in [-0.39, 0.29) is 5.82 Å². The van der Waals surface area contributed by atoms with Crippen LogP contribution in [0.2, 0.25) is 0 Å². The third-order valence-corrected chi connectivity index (χ3v) is 2.73. The van der Waals surface area contributed by atoms with Crippen molar-refractivity contribution in [3.8, 4) is 0 Å². The van der Waals surface area contributed by atoms with E-state index in [2.05, 4.69) is 6.92 Å². The molecule has 78 valence electrons. The molecule has 0 heterocycles. The summed E-state index contributed by atoms with van der Waals surface area (Å²) in [7, 11) is 0. The molecule has 1 aromatic rings. The van der Waals surface area contributed by atoms with Crippen LogP contribution in [-0.4, -0.2) is 5.91 Å². The van der Waals surface area contributed by atoms with E-state index >= 15 is 0 Å². The Morgan fingerprint density at radius 1 is 1.60 bits per heavy atom. The smallest absolute Gasteiger partial charge is 0.241 e. The summed E-state index contributed by atoms with van der Waals surface area (Å²) in [6, 6.07) is 4.69. The minimum absolute atomic E-state index is 0.279. The van der Waals surface area contributed by atoms with Crippen molar-refractivity contribution in [2.24, 2.45) is 5.73 Å². The number of primary amides is 1. The molecule has 1 aliphatic rings. The number of nitrogens with two attached hydrogens (primary N) is 1. The molecule has 0 aliphatic heterocycles. The predicted octanol–water partition coefficient (Wildman–Crippen LogP) is 2.20. The average Bonchev–Trinajstić information content (AvgIpc) is 2.42. The minimum Gasteiger partial charge on any atom is -0.366 e. The van der Waals surface area contributed by atoms with Crippen LogP contribution in [0.15, 0.2) is 24.3 Å². The van der Waals surface area contributed by atoms with Crippen LogP contribution in [-0.2, 0) is 4.79 Å². The Kier molecular flexibility index (Phi) is 2.31. The second kappa shape index (κ2) is 3.50. The van der Waals surface area contributed by atoms with Crippen molar-refractivity contribution in [3.05, 3.63) is 41.2 Å². The number of carbonyl (C=O) groups is 1. The monoisotopic (exact) mass is 205 g/mol. The van der Waals surface area contributed by atoms with Crippen LogP contribution < -0.4 is 5.73 Å². The molecule has 0 radical (unpaired) electrons. The Morgan fingerprint density at radius 2 is 2.33 bits per heavy atom. The van der Waals surface area contributed by atoms with E-state index in [1.54, 1.807) is 6.07 Å². The molecule has 0 fully saturated rings. The zero-order chi connectivity index (χ0) is 11.0. The van der Waals surface area contributed by atoms with Crippen LogP contribution in [0.1, 0.15) is 30.4 Å². The molecule has 2 nitrogen and oxygen atoms in total. The van der Waals surface area contributed by atoms with E-state index in [0.717, 1.165) is 23.1 Å². The van der Waals surface area contributed by atoms with Gasteiger partial charge in [-0.2, -0.15) is 0 Å². The third-order valence-electron chi connectivity index (χ3n) is 2.73. The van der Waals surface area contributed by atoms with E-state index < -0.39 is 5.91 Å². The first-order valence-corrected chi connectivity index (χ1v) is 4.87. The third kappa shape index (κ3) is 1.77. The lowest BCUT2D eigenvalue weighted by atomic mass is 10.0. The number of halogens is 1. The maximum Gasteiger partial charge on any atom is 0.241 e. The standard InChI is InChI=1S/C12H12FNO/c1-7-4-8(5-12(14)15)11-6-9(13)2-3-10(7)11/h2-3,5-7H,4H2,1H3,(H2,14,15)/b8-5-. The first-order chi connectivity index (χ1) is 7.08. The second-order valence-corrected chi connectivity index (χ2v) is 3.91. The highest BCUT2D eigenvalue weighted by Crippen LogP contribution is 2.40. The quantitative estimate of drug-likeness (QED) is 0.702. The van der Waals surface area contributed by atoms with Gasteiger partial charge in [0.1, 0.15) is 5.82 Å². The molecule has 1 atom stereocenters. The number of rotatable bonds is 1. The molecule has 0 saturated heterocycles. The van der Waals surface area contributed by atoms with E-state index in [9.17, 15) is 9.18 Å². The molecule has 0 spiro atoms. The van der Waals surface area contributed by atoms with Crippen molar-refractivity contribution in [2.75, 3.05) is 0 Å². The van der Waals surface area contributed by atoms with Crippen LogP contribution in [0, 0.1) is 5.82 Å². The fourth-order valence-corrected chi connectivity index (χ4v) is 2.09. The van der Waals surface area contributed by atoms with Crippen molar-refractivity contribution < 1.29 is 9.18 Å². The minimum atomic E-state index is -0.477. The summed E-state index contributed by atoms with van der Waals surface area (Å²) in [6.45, 7) is 2.05. The Morgan fingerprint density at radius 3 is 3.00 bits per heavy atom. The zero-order valence-corrected chi connectivity index (χ0v) is 8.46. The molecule has 1 unspecified atom stereocenters. The van der Waals surface area contributed by atoms with Gasteiger partial charge in [0.25, 0.3) is 0 Å². The first-order valence-electron chi connectivity index (χ1n) is 4.87. The zero-order valence-electron chi connectivity index (χ0n) is 8.46. The molecule has 2 N–H and O–H groups in total. The molecule has 3 heteroatoms. The number of amides is 1. The summed E-state index contributed by atoms with van der Waals surface area (Å²) < 4.78 is 13.1. The fourth-order valence-electron chi connectivity index (χ4n) is 2.09. The van der Waals surface area contributed by atoms with Crippen molar-refractivity contribution in [1.82, 2.24) is 0 Å². The Labute approximate surface area is 87.6 Å². The van der Waals surface area contributed by atoms with Crippen LogP contribution in [0.25, 0.3) is 5.57 Å². The van der Waals surface area contributed by atoms with Gasteiger partial charge in [-0.1, -0.05) is 13.0 Å². The molecule has 1 aliphatic carbocycles. The molecular formula is C12H12FNO. The van der Waals surface area contributed by atoms with Gasteiger partial charge >= 0.3 is 0 Å². The van der Waals surface area contributed by atoms with Gasteiger partial charge in [-0.15, -0.1) is 0 Å². The van der Waals surface area contributed by atoms with E-state index in [0.29, 0.717) is 5.92 Å². The first kappa shape index (κ1) is 9.90. The maximum absolute atomic E-state index is 13.1. The highest BCUT2D eigenvalue weighted by Gasteiger charge is 2.23. The normalized spacial score (nSPS) is 21.7. The van der Waals surface area contributed by atoms with Gasteiger partial charge < -0.3 is 5.73 Å². The lowest BCUT2D eigenvalue weighted by Crippen LogP contribution is -2.06. The Hall–Kier alpha value is -1.64. The molecule has 2 rings (SSSR count). The number of benzene rings is 1. The SMILES string of the molecule is CC1C/C(=C/C(N)=O)c2cc(F)ccc21. The molecular weight excluding hydrogens is 193 g/mol. The number of hydrogen-bond donors (Lipinski definition) is 1. The molecule has 0 saturated carbocycles. The van der Waals surface area contributed by atoms with Crippen LogP contribution in [0.4, 0.5) is 4.39 Å². The number of fused-ring (bicyclic) bond motifs is 1. The van der Waals surface area contributed by atoms with E-state index in [1.165, 1.54) is 18.2 Å². The van der Waals surface area contributed by atoms with Crippen molar-refractivity contribution in [3.63, 3.8) is 0 Å². The van der Waals surface area contributed by atoms with Gasteiger partial charge in [-0.25, -0.2) is 4.39 Å². The van der Waals surface area contributed by atoms with E-state index in [4.69, 9.17) is 5.73 Å². The highest BCUT2D eigenvalue weighted by molar-refractivity contribution is 5.95. The summed E-state index contributed by atoms with van der Waals surface area (Å²) >= 11 is 0. The van der Waals surface area contributed by atoms with Crippen LogP contribution in [0.5, 0.6) is 0 Å². The lowest BCUT2D eigenvalue weighted by molar-refractivity contribution is -0.113. The molecule has 0 aromatic heterocycles. The number of allylic oxidation sites excluding steroid dienone is 1.